The van der Waals surface area contributed by atoms with E-state index >= 15 is 0 Å². The third-order valence-corrected chi connectivity index (χ3v) is 3.71. The van der Waals surface area contributed by atoms with Gasteiger partial charge in [0.05, 0.1) is 5.41 Å². The Labute approximate surface area is 123 Å². The van der Waals surface area contributed by atoms with Crippen LogP contribution in [-0.2, 0) is 11.8 Å². The molecule has 0 aliphatic carbocycles. The molecular formula is C14H17ClN4O. The van der Waals surface area contributed by atoms with E-state index in [1.54, 1.807) is 6.33 Å². The fourth-order valence-corrected chi connectivity index (χ4v) is 1.76. The van der Waals surface area contributed by atoms with Crippen LogP contribution >= 0.6 is 11.6 Å². The van der Waals surface area contributed by atoms with Crippen molar-refractivity contribution in [3.8, 4) is 11.4 Å². The molecule has 0 fully saturated rings. The molecule has 1 heterocycles. The number of hydrogen-bond acceptors (Lipinski definition) is 3. The molecule has 1 aromatic carbocycles. The van der Waals surface area contributed by atoms with Gasteiger partial charge in [0, 0.05) is 24.2 Å². The minimum absolute atomic E-state index is 0.109. The molecule has 0 unspecified atom stereocenters. The Kier molecular flexibility index (Phi) is 4.09. The molecule has 0 aliphatic heterocycles. The van der Waals surface area contributed by atoms with Gasteiger partial charge >= 0.3 is 0 Å². The standard InChI is InChI=1S/C14H17ClN4O/c1-14(2,8-15)13(20)17-11-6-4-5-10(7-11)12-18-16-9-19(12)3/h4-7,9H,8H2,1-3H3,(H,17,20). The number of aryl methyl sites for hydroxylation is 1. The Bertz CT molecular complexity index is 621. The molecule has 106 valence electrons. The summed E-state index contributed by atoms with van der Waals surface area (Å²) in [6, 6.07) is 7.49. The van der Waals surface area contributed by atoms with Gasteiger partial charge in [-0.25, -0.2) is 0 Å². The van der Waals surface area contributed by atoms with E-state index in [2.05, 4.69) is 15.5 Å². The van der Waals surface area contributed by atoms with Crippen LogP contribution in [0.15, 0.2) is 30.6 Å². The van der Waals surface area contributed by atoms with Gasteiger partial charge in [-0.1, -0.05) is 12.1 Å². The van der Waals surface area contributed by atoms with Gasteiger partial charge in [-0.3, -0.25) is 4.79 Å². The van der Waals surface area contributed by atoms with Crippen molar-refractivity contribution in [3.63, 3.8) is 0 Å². The van der Waals surface area contributed by atoms with Crippen LogP contribution in [0.25, 0.3) is 11.4 Å². The first kappa shape index (κ1) is 14.5. The van der Waals surface area contributed by atoms with E-state index in [9.17, 15) is 4.79 Å². The molecule has 0 bridgehead atoms. The zero-order valence-corrected chi connectivity index (χ0v) is 12.5. The molecule has 0 aliphatic rings. The molecular weight excluding hydrogens is 276 g/mol. The average Bonchev–Trinajstić information content (AvgIpc) is 2.85. The molecule has 0 saturated heterocycles. The number of aromatic nitrogens is 3. The lowest BCUT2D eigenvalue weighted by molar-refractivity contribution is -0.122. The van der Waals surface area contributed by atoms with Crippen molar-refractivity contribution >= 4 is 23.2 Å². The van der Waals surface area contributed by atoms with Crippen molar-refractivity contribution in [1.29, 1.82) is 0 Å². The number of carbonyl (C=O) groups excluding carboxylic acids is 1. The van der Waals surface area contributed by atoms with Crippen molar-refractivity contribution in [2.24, 2.45) is 12.5 Å². The fraction of sp³-hybridized carbons (Fsp3) is 0.357. The topological polar surface area (TPSA) is 59.8 Å². The van der Waals surface area contributed by atoms with Crippen molar-refractivity contribution < 1.29 is 4.79 Å². The summed E-state index contributed by atoms with van der Waals surface area (Å²) < 4.78 is 1.82. The summed E-state index contributed by atoms with van der Waals surface area (Å²) in [6.45, 7) is 3.61. The fourth-order valence-electron chi connectivity index (χ4n) is 1.64. The number of alkyl halides is 1. The number of nitrogens with one attached hydrogen (secondary N) is 1. The number of hydrogen-bond donors (Lipinski definition) is 1. The Morgan fingerprint density at radius 2 is 2.20 bits per heavy atom. The minimum Gasteiger partial charge on any atom is -0.326 e. The Hall–Kier alpha value is -1.88. The molecule has 20 heavy (non-hydrogen) atoms. The maximum Gasteiger partial charge on any atom is 0.231 e. The van der Waals surface area contributed by atoms with Gasteiger partial charge in [0.25, 0.3) is 0 Å². The lowest BCUT2D eigenvalue weighted by Crippen LogP contribution is -2.32. The van der Waals surface area contributed by atoms with E-state index in [1.807, 2.05) is 49.7 Å². The van der Waals surface area contributed by atoms with Crippen molar-refractivity contribution in [1.82, 2.24) is 14.8 Å². The van der Waals surface area contributed by atoms with Crippen LogP contribution in [0.2, 0.25) is 0 Å². The number of rotatable bonds is 4. The second-order valence-corrected chi connectivity index (χ2v) is 5.59. The second-order valence-electron chi connectivity index (χ2n) is 5.32. The number of halogens is 1. The van der Waals surface area contributed by atoms with Crippen molar-refractivity contribution in [2.75, 3.05) is 11.2 Å². The predicted molar refractivity (Wildman–Crippen MR) is 79.6 cm³/mol. The molecule has 0 atom stereocenters. The van der Waals surface area contributed by atoms with Crippen molar-refractivity contribution in [2.45, 2.75) is 13.8 Å². The third-order valence-electron chi connectivity index (χ3n) is 3.04. The quantitative estimate of drug-likeness (QED) is 0.882. The van der Waals surface area contributed by atoms with Crippen LogP contribution in [0.3, 0.4) is 0 Å². The third kappa shape index (κ3) is 2.99. The Morgan fingerprint density at radius 1 is 1.45 bits per heavy atom. The number of carbonyl (C=O) groups is 1. The Balaban J connectivity index is 2.23. The van der Waals surface area contributed by atoms with Gasteiger partial charge in [0.2, 0.25) is 5.91 Å². The SMILES string of the molecule is Cn1cnnc1-c1cccc(NC(=O)C(C)(C)CCl)c1. The van der Waals surface area contributed by atoms with Gasteiger partial charge in [0.15, 0.2) is 5.82 Å². The van der Waals surface area contributed by atoms with Gasteiger partial charge in [0.1, 0.15) is 6.33 Å². The van der Waals surface area contributed by atoms with E-state index in [4.69, 9.17) is 11.6 Å². The maximum absolute atomic E-state index is 12.1. The molecule has 1 N–H and O–H groups in total. The maximum atomic E-state index is 12.1. The number of amides is 1. The van der Waals surface area contributed by atoms with Crippen LogP contribution in [0.1, 0.15) is 13.8 Å². The second kappa shape index (κ2) is 5.63. The lowest BCUT2D eigenvalue weighted by atomic mass is 9.95. The largest absolute Gasteiger partial charge is 0.326 e. The van der Waals surface area contributed by atoms with Gasteiger partial charge < -0.3 is 9.88 Å². The van der Waals surface area contributed by atoms with Crippen LogP contribution in [-0.4, -0.2) is 26.6 Å². The molecule has 2 rings (SSSR count). The van der Waals surface area contributed by atoms with Gasteiger partial charge in [-0.05, 0) is 26.0 Å². The summed E-state index contributed by atoms with van der Waals surface area (Å²) in [7, 11) is 1.87. The van der Waals surface area contributed by atoms with E-state index < -0.39 is 5.41 Å². The summed E-state index contributed by atoms with van der Waals surface area (Å²) in [5.74, 6) is 0.905. The van der Waals surface area contributed by atoms with E-state index in [-0.39, 0.29) is 11.8 Å². The minimum atomic E-state index is -0.609. The molecule has 0 saturated carbocycles. The molecule has 2 aromatic rings. The predicted octanol–water partition coefficient (Wildman–Crippen LogP) is 2.69. The number of anilines is 1. The molecule has 5 nitrogen and oxygen atoms in total. The summed E-state index contributed by atoms with van der Waals surface area (Å²) in [4.78, 5) is 12.1. The molecule has 1 aromatic heterocycles. The first-order chi connectivity index (χ1) is 9.44. The zero-order chi connectivity index (χ0) is 14.8. The lowest BCUT2D eigenvalue weighted by Gasteiger charge is -2.20. The highest BCUT2D eigenvalue weighted by Crippen LogP contribution is 2.23. The molecule has 6 heteroatoms. The molecule has 0 radical (unpaired) electrons. The first-order valence-electron chi connectivity index (χ1n) is 6.26. The van der Waals surface area contributed by atoms with E-state index in [1.165, 1.54) is 0 Å². The summed E-state index contributed by atoms with van der Waals surface area (Å²) in [5.41, 5.74) is 1.00. The van der Waals surface area contributed by atoms with Crippen LogP contribution in [0.5, 0.6) is 0 Å². The summed E-state index contributed by atoms with van der Waals surface area (Å²) in [6.07, 6.45) is 1.64. The average molecular weight is 293 g/mol. The highest BCUT2D eigenvalue weighted by Gasteiger charge is 2.26. The van der Waals surface area contributed by atoms with E-state index in [0.29, 0.717) is 5.69 Å². The highest BCUT2D eigenvalue weighted by molar-refractivity contribution is 6.20. The van der Waals surface area contributed by atoms with E-state index in [0.717, 1.165) is 11.4 Å². The Morgan fingerprint density at radius 3 is 2.80 bits per heavy atom. The summed E-state index contributed by atoms with van der Waals surface area (Å²) in [5, 5.41) is 10.8. The highest BCUT2D eigenvalue weighted by atomic mass is 35.5. The number of benzene rings is 1. The smallest absolute Gasteiger partial charge is 0.231 e. The van der Waals surface area contributed by atoms with Crippen LogP contribution in [0.4, 0.5) is 5.69 Å². The van der Waals surface area contributed by atoms with Crippen molar-refractivity contribution in [3.05, 3.63) is 30.6 Å². The van der Waals surface area contributed by atoms with Crippen LogP contribution in [0, 0.1) is 5.41 Å². The first-order valence-corrected chi connectivity index (χ1v) is 6.79. The summed E-state index contributed by atoms with van der Waals surface area (Å²) >= 11 is 5.81. The monoisotopic (exact) mass is 292 g/mol. The van der Waals surface area contributed by atoms with Crippen LogP contribution < -0.4 is 5.32 Å². The molecule has 1 amide bonds. The number of nitrogens with zero attached hydrogens (tertiary/aromatic N) is 3. The molecule has 0 spiro atoms. The van der Waals surface area contributed by atoms with Gasteiger partial charge in [-0.2, -0.15) is 0 Å². The normalized spacial score (nSPS) is 11.4. The van der Waals surface area contributed by atoms with Gasteiger partial charge in [-0.15, -0.1) is 21.8 Å². The zero-order valence-electron chi connectivity index (χ0n) is 11.7.